The fourth-order valence-corrected chi connectivity index (χ4v) is 3.47. The number of carbonyl (C=O) groups excluding carboxylic acids is 1. The lowest BCUT2D eigenvalue weighted by Crippen LogP contribution is -2.23. The number of hydrogen-bond acceptors (Lipinski definition) is 7. The second-order valence-corrected chi connectivity index (χ2v) is 8.10. The summed E-state index contributed by atoms with van der Waals surface area (Å²) in [4.78, 5) is 25.1. The van der Waals surface area contributed by atoms with E-state index in [2.05, 4.69) is 25.6 Å². The van der Waals surface area contributed by atoms with Gasteiger partial charge in [-0.2, -0.15) is 15.0 Å². The fourth-order valence-electron chi connectivity index (χ4n) is 2.73. The molecule has 2 aromatic carbocycles. The molecule has 30 heavy (non-hydrogen) atoms. The molecule has 4 N–H and O–H groups in total. The molecule has 1 heterocycles. The molecule has 0 fully saturated rings. The summed E-state index contributed by atoms with van der Waals surface area (Å²) in [5.41, 5.74) is 9.28. The number of benzene rings is 2. The first kappa shape index (κ1) is 21.5. The number of para-hydroxylation sites is 1. The Morgan fingerprint density at radius 2 is 1.77 bits per heavy atom. The van der Waals surface area contributed by atoms with E-state index in [0.29, 0.717) is 17.3 Å². The van der Waals surface area contributed by atoms with Crippen LogP contribution in [0.5, 0.6) is 0 Å². The molecule has 0 bridgehead atoms. The Morgan fingerprint density at radius 3 is 2.43 bits per heavy atom. The van der Waals surface area contributed by atoms with E-state index in [-0.39, 0.29) is 28.9 Å². The molecule has 0 saturated heterocycles. The molecule has 7 nitrogen and oxygen atoms in total. The van der Waals surface area contributed by atoms with Crippen LogP contribution in [-0.2, 0) is 10.5 Å². The van der Waals surface area contributed by atoms with E-state index in [4.69, 9.17) is 5.73 Å². The average molecular weight is 427 g/mol. The second kappa shape index (κ2) is 9.53. The molecule has 1 atom stereocenters. The predicted octanol–water partition coefficient (Wildman–Crippen LogP) is 4.21. The van der Waals surface area contributed by atoms with Gasteiger partial charge >= 0.3 is 0 Å². The Labute approximate surface area is 178 Å². The van der Waals surface area contributed by atoms with Crippen LogP contribution in [-0.4, -0.2) is 26.1 Å². The minimum Gasteiger partial charge on any atom is -0.368 e. The molecule has 0 radical (unpaired) electrons. The summed E-state index contributed by atoms with van der Waals surface area (Å²) in [6.45, 7) is 5.75. The number of aryl methyl sites for hydroxylation is 2. The first-order valence-corrected chi connectivity index (χ1v) is 10.4. The number of nitrogens with one attached hydrogen (secondary N) is 2. The van der Waals surface area contributed by atoms with E-state index in [0.717, 1.165) is 16.8 Å². The normalized spacial score (nSPS) is 11.7. The Bertz CT molecular complexity index is 1020. The van der Waals surface area contributed by atoms with Gasteiger partial charge in [-0.25, -0.2) is 4.39 Å². The van der Waals surface area contributed by atoms with E-state index in [9.17, 15) is 9.18 Å². The predicted molar refractivity (Wildman–Crippen MR) is 119 cm³/mol. The maximum Gasteiger partial charge on any atom is 0.237 e. The third kappa shape index (κ3) is 5.66. The van der Waals surface area contributed by atoms with Crippen molar-refractivity contribution in [3.63, 3.8) is 0 Å². The molecule has 1 unspecified atom stereocenters. The van der Waals surface area contributed by atoms with Crippen molar-refractivity contribution in [2.24, 2.45) is 0 Å². The summed E-state index contributed by atoms with van der Waals surface area (Å²) < 4.78 is 13.1. The van der Waals surface area contributed by atoms with Crippen LogP contribution in [0.2, 0.25) is 0 Å². The van der Waals surface area contributed by atoms with Crippen molar-refractivity contribution < 1.29 is 9.18 Å². The van der Waals surface area contributed by atoms with Crippen LogP contribution in [0.4, 0.5) is 27.7 Å². The minimum absolute atomic E-state index is 0.0675. The number of halogens is 1. The highest BCUT2D eigenvalue weighted by molar-refractivity contribution is 7.99. The zero-order valence-corrected chi connectivity index (χ0v) is 17.8. The molecule has 1 amide bonds. The largest absolute Gasteiger partial charge is 0.368 e. The summed E-state index contributed by atoms with van der Waals surface area (Å²) in [5, 5.41) is 5.64. The van der Waals surface area contributed by atoms with Crippen molar-refractivity contribution in [3.05, 3.63) is 65.2 Å². The number of thioether (sulfide) groups is 1. The lowest BCUT2D eigenvalue weighted by atomic mass is 10.1. The zero-order valence-electron chi connectivity index (χ0n) is 16.9. The van der Waals surface area contributed by atoms with Crippen molar-refractivity contribution in [1.29, 1.82) is 0 Å². The van der Waals surface area contributed by atoms with E-state index in [1.54, 1.807) is 12.1 Å². The summed E-state index contributed by atoms with van der Waals surface area (Å²) in [5.74, 6) is 0.732. The lowest BCUT2D eigenvalue weighted by Gasteiger charge is -2.15. The van der Waals surface area contributed by atoms with Gasteiger partial charge < -0.3 is 16.4 Å². The van der Waals surface area contributed by atoms with Gasteiger partial charge in [0.25, 0.3) is 0 Å². The summed E-state index contributed by atoms with van der Waals surface area (Å²) >= 11 is 1.40. The molecule has 0 aliphatic heterocycles. The van der Waals surface area contributed by atoms with Crippen molar-refractivity contribution in [3.8, 4) is 0 Å². The Kier molecular flexibility index (Phi) is 6.83. The van der Waals surface area contributed by atoms with E-state index in [1.807, 2.05) is 39.0 Å². The summed E-state index contributed by atoms with van der Waals surface area (Å²) in [7, 11) is 0. The number of hydrogen-bond donors (Lipinski definition) is 3. The van der Waals surface area contributed by atoms with Gasteiger partial charge in [0, 0.05) is 11.4 Å². The number of rotatable bonds is 7. The standard InChI is InChI=1S/C21H23FN6OS/c1-12-5-4-6-13(2)18(12)27-19(29)14(3)30-11-17-25-20(23)28-21(26-17)24-16-9-7-15(22)8-10-16/h4-10,14H,11H2,1-3H3,(H,27,29)(H3,23,24,25,26,28). The first-order chi connectivity index (χ1) is 14.3. The molecule has 1 aromatic heterocycles. The number of anilines is 4. The highest BCUT2D eigenvalue weighted by Crippen LogP contribution is 2.23. The van der Waals surface area contributed by atoms with Crippen LogP contribution in [0.3, 0.4) is 0 Å². The minimum atomic E-state index is -0.332. The van der Waals surface area contributed by atoms with E-state index in [1.165, 1.54) is 23.9 Å². The average Bonchev–Trinajstić information content (AvgIpc) is 2.70. The Balaban J connectivity index is 1.62. The highest BCUT2D eigenvalue weighted by atomic mass is 32.2. The molecule has 156 valence electrons. The maximum absolute atomic E-state index is 13.1. The first-order valence-electron chi connectivity index (χ1n) is 9.33. The van der Waals surface area contributed by atoms with Gasteiger partial charge in [-0.15, -0.1) is 11.8 Å². The SMILES string of the molecule is Cc1cccc(C)c1NC(=O)C(C)SCc1nc(N)nc(Nc2ccc(F)cc2)n1. The lowest BCUT2D eigenvalue weighted by molar-refractivity contribution is -0.115. The smallest absolute Gasteiger partial charge is 0.237 e. The highest BCUT2D eigenvalue weighted by Gasteiger charge is 2.17. The van der Waals surface area contributed by atoms with Crippen LogP contribution in [0.1, 0.15) is 23.9 Å². The van der Waals surface area contributed by atoms with Crippen molar-refractivity contribution in [2.75, 3.05) is 16.4 Å². The topological polar surface area (TPSA) is 106 Å². The van der Waals surface area contributed by atoms with Gasteiger partial charge in [-0.1, -0.05) is 18.2 Å². The van der Waals surface area contributed by atoms with Gasteiger partial charge in [0.2, 0.25) is 17.8 Å². The maximum atomic E-state index is 13.1. The molecule has 3 aromatic rings. The number of nitrogens with zero attached hydrogens (tertiary/aromatic N) is 3. The van der Waals surface area contributed by atoms with Gasteiger partial charge in [0.05, 0.1) is 11.0 Å². The van der Waals surface area contributed by atoms with Gasteiger partial charge in [-0.3, -0.25) is 4.79 Å². The Morgan fingerprint density at radius 1 is 1.10 bits per heavy atom. The molecule has 0 spiro atoms. The number of nitrogen functional groups attached to an aromatic ring is 1. The van der Waals surface area contributed by atoms with E-state index < -0.39 is 0 Å². The number of carbonyl (C=O) groups is 1. The third-order valence-electron chi connectivity index (χ3n) is 4.36. The van der Waals surface area contributed by atoms with Gasteiger partial charge in [-0.05, 0) is 56.2 Å². The van der Waals surface area contributed by atoms with Gasteiger partial charge in [0.1, 0.15) is 11.6 Å². The molecular weight excluding hydrogens is 403 g/mol. The van der Waals surface area contributed by atoms with Crippen molar-refractivity contribution >= 4 is 40.9 Å². The van der Waals surface area contributed by atoms with Crippen LogP contribution in [0, 0.1) is 19.7 Å². The third-order valence-corrected chi connectivity index (χ3v) is 5.50. The van der Waals surface area contributed by atoms with Crippen LogP contribution >= 0.6 is 11.8 Å². The molecule has 0 aliphatic carbocycles. The van der Waals surface area contributed by atoms with Crippen molar-refractivity contribution in [2.45, 2.75) is 31.8 Å². The molecule has 3 rings (SSSR count). The fraction of sp³-hybridized carbons (Fsp3) is 0.238. The van der Waals surface area contributed by atoms with Crippen LogP contribution in [0.25, 0.3) is 0 Å². The molecular formula is C21H23FN6OS. The Hall–Kier alpha value is -3.20. The number of aromatic nitrogens is 3. The number of amides is 1. The van der Waals surface area contributed by atoms with Crippen molar-refractivity contribution in [1.82, 2.24) is 15.0 Å². The van der Waals surface area contributed by atoms with Gasteiger partial charge in [0.15, 0.2) is 0 Å². The van der Waals surface area contributed by atoms with E-state index >= 15 is 0 Å². The number of nitrogens with two attached hydrogens (primary N) is 1. The van der Waals surface area contributed by atoms with Crippen LogP contribution in [0.15, 0.2) is 42.5 Å². The molecule has 0 aliphatic rings. The van der Waals surface area contributed by atoms with Crippen LogP contribution < -0.4 is 16.4 Å². The summed E-state index contributed by atoms with van der Waals surface area (Å²) in [6, 6.07) is 11.7. The monoisotopic (exact) mass is 426 g/mol. The quantitative estimate of drug-likeness (QED) is 0.519. The zero-order chi connectivity index (χ0) is 21.7. The summed E-state index contributed by atoms with van der Waals surface area (Å²) in [6.07, 6.45) is 0. The second-order valence-electron chi connectivity index (χ2n) is 6.77. The molecule has 0 saturated carbocycles. The molecule has 9 heteroatoms.